The summed E-state index contributed by atoms with van der Waals surface area (Å²) in [4.78, 5) is 0. The van der Waals surface area contributed by atoms with E-state index in [1.807, 2.05) is 0 Å². The van der Waals surface area contributed by atoms with E-state index in [9.17, 15) is 8.42 Å². The normalized spacial score (nSPS) is 19.5. The van der Waals surface area contributed by atoms with Crippen molar-refractivity contribution in [1.29, 1.82) is 0 Å². The van der Waals surface area contributed by atoms with Crippen LogP contribution in [0.1, 0.15) is 39.5 Å². The molecule has 1 aliphatic rings. The fourth-order valence-electron chi connectivity index (χ4n) is 1.55. The molecule has 1 fully saturated rings. The second-order valence-corrected chi connectivity index (χ2v) is 6.59. The molecule has 0 amide bonds. The van der Waals surface area contributed by atoms with Crippen LogP contribution in [-0.2, 0) is 10.0 Å². The van der Waals surface area contributed by atoms with Crippen molar-refractivity contribution in [3.05, 3.63) is 0 Å². The van der Waals surface area contributed by atoms with Crippen molar-refractivity contribution >= 4 is 10.0 Å². The monoisotopic (exact) mass is 234 g/mol. The van der Waals surface area contributed by atoms with Crippen molar-refractivity contribution in [2.24, 2.45) is 5.73 Å². The van der Waals surface area contributed by atoms with Crippen molar-refractivity contribution < 1.29 is 8.42 Å². The van der Waals surface area contributed by atoms with E-state index in [0.717, 1.165) is 25.7 Å². The van der Waals surface area contributed by atoms with Crippen LogP contribution in [0.2, 0.25) is 0 Å². The van der Waals surface area contributed by atoms with Crippen LogP contribution in [0.25, 0.3) is 0 Å². The van der Waals surface area contributed by atoms with Crippen LogP contribution in [0.5, 0.6) is 0 Å². The van der Waals surface area contributed by atoms with Crippen molar-refractivity contribution in [3.8, 4) is 0 Å². The molecule has 0 radical (unpaired) electrons. The van der Waals surface area contributed by atoms with Gasteiger partial charge in [-0.1, -0.05) is 13.3 Å². The topological polar surface area (TPSA) is 63.4 Å². The molecule has 0 heterocycles. The van der Waals surface area contributed by atoms with Crippen molar-refractivity contribution in [1.82, 2.24) is 4.31 Å². The standard InChI is InChI=1S/C10H22N2O2S/c1-3-4-7-12(10-5-6-10)15(13,14)9(2)8-11/h9-10H,3-8,11H2,1-2H3. The van der Waals surface area contributed by atoms with Crippen LogP contribution in [0.15, 0.2) is 0 Å². The van der Waals surface area contributed by atoms with Gasteiger partial charge in [0.25, 0.3) is 0 Å². The quantitative estimate of drug-likeness (QED) is 0.712. The summed E-state index contributed by atoms with van der Waals surface area (Å²) in [6.07, 6.45) is 3.99. The lowest BCUT2D eigenvalue weighted by atomic mass is 10.3. The van der Waals surface area contributed by atoms with Gasteiger partial charge < -0.3 is 5.73 Å². The second kappa shape index (κ2) is 5.27. The Morgan fingerprint density at radius 3 is 2.47 bits per heavy atom. The van der Waals surface area contributed by atoms with E-state index < -0.39 is 15.3 Å². The van der Waals surface area contributed by atoms with Crippen LogP contribution in [-0.4, -0.2) is 37.1 Å². The largest absolute Gasteiger partial charge is 0.329 e. The van der Waals surface area contributed by atoms with Crippen LogP contribution in [0.4, 0.5) is 0 Å². The van der Waals surface area contributed by atoms with Gasteiger partial charge in [-0.3, -0.25) is 0 Å². The molecule has 2 N–H and O–H groups in total. The Bertz CT molecular complexity index is 286. The number of nitrogens with zero attached hydrogens (tertiary/aromatic N) is 1. The SMILES string of the molecule is CCCCN(C1CC1)S(=O)(=O)C(C)CN. The maximum absolute atomic E-state index is 12.1. The average Bonchev–Trinajstić information content (AvgIpc) is 3.01. The molecule has 0 aliphatic heterocycles. The van der Waals surface area contributed by atoms with E-state index in [2.05, 4.69) is 6.92 Å². The Kier molecular flexibility index (Phi) is 4.55. The molecule has 0 spiro atoms. The Labute approximate surface area is 92.9 Å². The van der Waals surface area contributed by atoms with Gasteiger partial charge in [0.2, 0.25) is 10.0 Å². The third kappa shape index (κ3) is 3.16. The highest BCUT2D eigenvalue weighted by atomic mass is 32.2. The fraction of sp³-hybridized carbons (Fsp3) is 1.00. The van der Waals surface area contributed by atoms with E-state index in [1.165, 1.54) is 0 Å². The first kappa shape index (κ1) is 12.9. The summed E-state index contributed by atoms with van der Waals surface area (Å²) in [5.74, 6) is 0. The molecule has 4 nitrogen and oxygen atoms in total. The van der Waals surface area contributed by atoms with Gasteiger partial charge in [0.05, 0.1) is 5.25 Å². The third-order valence-corrected chi connectivity index (χ3v) is 5.20. The molecule has 1 saturated carbocycles. The molecule has 0 bridgehead atoms. The smallest absolute Gasteiger partial charge is 0.218 e. The molecule has 15 heavy (non-hydrogen) atoms. The Morgan fingerprint density at radius 1 is 1.47 bits per heavy atom. The Hall–Kier alpha value is -0.130. The maximum atomic E-state index is 12.1. The van der Waals surface area contributed by atoms with Gasteiger partial charge >= 0.3 is 0 Å². The molecular weight excluding hydrogens is 212 g/mol. The van der Waals surface area contributed by atoms with Gasteiger partial charge in [0.15, 0.2) is 0 Å². The Balaban J connectivity index is 2.69. The number of nitrogens with two attached hydrogens (primary N) is 1. The highest BCUT2D eigenvalue weighted by Gasteiger charge is 2.38. The third-order valence-electron chi connectivity index (χ3n) is 2.85. The number of sulfonamides is 1. The first-order valence-electron chi connectivity index (χ1n) is 5.74. The van der Waals surface area contributed by atoms with Crippen molar-refractivity contribution in [2.75, 3.05) is 13.1 Å². The van der Waals surface area contributed by atoms with Crippen LogP contribution in [0.3, 0.4) is 0 Å². The van der Waals surface area contributed by atoms with E-state index in [4.69, 9.17) is 5.73 Å². The van der Waals surface area contributed by atoms with E-state index in [-0.39, 0.29) is 12.6 Å². The zero-order chi connectivity index (χ0) is 11.5. The van der Waals surface area contributed by atoms with Crippen LogP contribution >= 0.6 is 0 Å². The summed E-state index contributed by atoms with van der Waals surface area (Å²) < 4.78 is 25.9. The lowest BCUT2D eigenvalue weighted by Gasteiger charge is -2.24. The van der Waals surface area contributed by atoms with Crippen molar-refractivity contribution in [2.45, 2.75) is 50.8 Å². The lowest BCUT2D eigenvalue weighted by molar-refractivity contribution is 0.390. The zero-order valence-corrected chi connectivity index (χ0v) is 10.5. The zero-order valence-electron chi connectivity index (χ0n) is 9.65. The molecule has 5 heteroatoms. The fourth-order valence-corrected chi connectivity index (χ4v) is 3.26. The minimum absolute atomic E-state index is 0.206. The minimum atomic E-state index is -3.15. The lowest BCUT2D eigenvalue weighted by Crippen LogP contribution is -2.42. The number of hydrogen-bond donors (Lipinski definition) is 1. The van der Waals surface area contributed by atoms with Gasteiger partial charge in [-0.2, -0.15) is 4.31 Å². The molecule has 1 aliphatic carbocycles. The summed E-state index contributed by atoms with van der Waals surface area (Å²) in [6.45, 7) is 4.63. The van der Waals surface area contributed by atoms with Gasteiger partial charge in [-0.05, 0) is 26.2 Å². The Morgan fingerprint density at radius 2 is 2.07 bits per heavy atom. The highest BCUT2D eigenvalue weighted by Crippen LogP contribution is 2.30. The molecule has 0 aromatic rings. The molecule has 0 aromatic carbocycles. The molecule has 1 atom stereocenters. The summed E-state index contributed by atoms with van der Waals surface area (Å²) in [5, 5.41) is -0.449. The minimum Gasteiger partial charge on any atom is -0.329 e. The van der Waals surface area contributed by atoms with Crippen LogP contribution in [0, 0.1) is 0 Å². The second-order valence-electron chi connectivity index (χ2n) is 4.29. The first-order valence-corrected chi connectivity index (χ1v) is 7.25. The van der Waals surface area contributed by atoms with E-state index in [0.29, 0.717) is 6.54 Å². The summed E-state index contributed by atoms with van der Waals surface area (Å²) in [5.41, 5.74) is 5.44. The summed E-state index contributed by atoms with van der Waals surface area (Å²) in [7, 11) is -3.15. The van der Waals surface area contributed by atoms with Crippen molar-refractivity contribution in [3.63, 3.8) is 0 Å². The van der Waals surface area contributed by atoms with E-state index in [1.54, 1.807) is 11.2 Å². The maximum Gasteiger partial charge on any atom is 0.218 e. The van der Waals surface area contributed by atoms with E-state index >= 15 is 0 Å². The average molecular weight is 234 g/mol. The highest BCUT2D eigenvalue weighted by molar-refractivity contribution is 7.89. The predicted octanol–water partition coefficient (Wildman–Crippen LogP) is 0.928. The van der Waals surface area contributed by atoms with Gasteiger partial charge in [-0.25, -0.2) is 8.42 Å². The predicted molar refractivity (Wildman–Crippen MR) is 62.1 cm³/mol. The van der Waals surface area contributed by atoms with Crippen LogP contribution < -0.4 is 5.73 Å². The first-order chi connectivity index (χ1) is 7.04. The number of hydrogen-bond acceptors (Lipinski definition) is 3. The molecule has 0 aromatic heterocycles. The van der Waals surface area contributed by atoms with Gasteiger partial charge in [-0.15, -0.1) is 0 Å². The molecule has 1 unspecified atom stereocenters. The summed E-state index contributed by atoms with van der Waals surface area (Å²) >= 11 is 0. The molecule has 1 rings (SSSR count). The van der Waals surface area contributed by atoms with Gasteiger partial charge in [0, 0.05) is 19.1 Å². The molecule has 90 valence electrons. The number of unbranched alkanes of at least 4 members (excludes halogenated alkanes) is 1. The molecule has 0 saturated heterocycles. The van der Waals surface area contributed by atoms with Gasteiger partial charge in [0.1, 0.15) is 0 Å². The number of rotatable bonds is 7. The summed E-state index contributed by atoms with van der Waals surface area (Å²) in [6, 6.07) is 0.260. The molecular formula is C10H22N2O2S.